The van der Waals surface area contributed by atoms with Crippen molar-refractivity contribution in [2.45, 2.75) is 6.54 Å². The lowest BCUT2D eigenvalue weighted by Gasteiger charge is -2.09. The summed E-state index contributed by atoms with van der Waals surface area (Å²) in [5.41, 5.74) is 7.41. The first-order valence-electron chi connectivity index (χ1n) is 6.51. The monoisotopic (exact) mass is 274 g/mol. The molecule has 1 amide bonds. The van der Waals surface area contributed by atoms with E-state index in [1.807, 2.05) is 59.2 Å². The average molecular weight is 274 g/mol. The van der Waals surface area contributed by atoms with Gasteiger partial charge in [0.05, 0.1) is 18.4 Å². The lowest BCUT2D eigenvalue weighted by atomic mass is 10.3. The number of nitrogens with zero attached hydrogens (tertiary/aromatic N) is 2. The van der Waals surface area contributed by atoms with Crippen LogP contribution < -0.4 is 20.9 Å². The molecule has 20 heavy (non-hydrogen) atoms. The highest BCUT2D eigenvalue weighted by Gasteiger charge is 2.06. The second-order valence-electron chi connectivity index (χ2n) is 4.62. The van der Waals surface area contributed by atoms with E-state index in [1.165, 1.54) is 0 Å². The lowest BCUT2D eigenvalue weighted by molar-refractivity contribution is -0.671. The van der Waals surface area contributed by atoms with Crippen LogP contribution in [0, 0.1) is 0 Å². The number of anilines is 2. The van der Waals surface area contributed by atoms with Gasteiger partial charge in [-0.1, -0.05) is 12.1 Å². The number of nitrogen functional groups attached to an aromatic ring is 1. The van der Waals surface area contributed by atoms with Gasteiger partial charge in [0.25, 0.3) is 5.91 Å². The summed E-state index contributed by atoms with van der Waals surface area (Å²) in [5.74, 6) is -0.0102. The number of carbonyl (C=O) groups excluding carboxylic acids is 1. The van der Waals surface area contributed by atoms with Gasteiger partial charge in [0.15, 0.2) is 6.54 Å². The highest BCUT2D eigenvalue weighted by molar-refractivity contribution is 5.75. The molecule has 0 bridgehead atoms. The van der Waals surface area contributed by atoms with Crippen molar-refractivity contribution >= 4 is 17.3 Å². The fraction of sp³-hybridized carbons (Fsp3) is 0.286. The third-order valence-corrected chi connectivity index (χ3v) is 2.87. The number of nitrogens with two attached hydrogens (primary N) is 1. The number of nitrogens with one attached hydrogen (secondary N) is 2. The Balaban J connectivity index is 1.68. The number of amides is 1. The Bertz CT molecular complexity index is 578. The van der Waals surface area contributed by atoms with E-state index < -0.39 is 0 Å². The van der Waals surface area contributed by atoms with Crippen LogP contribution in [0.4, 0.5) is 11.4 Å². The molecular formula is C14H20N5O+. The molecule has 0 atom stereocenters. The quantitative estimate of drug-likeness (QED) is 0.398. The zero-order valence-corrected chi connectivity index (χ0v) is 11.5. The number of carbonyl (C=O) groups is 1. The van der Waals surface area contributed by atoms with Crippen LogP contribution in [0.3, 0.4) is 0 Å². The van der Waals surface area contributed by atoms with Gasteiger partial charge in [-0.25, -0.2) is 9.13 Å². The van der Waals surface area contributed by atoms with Crippen LogP contribution in [0.5, 0.6) is 0 Å². The van der Waals surface area contributed by atoms with E-state index in [4.69, 9.17) is 5.73 Å². The third-order valence-electron chi connectivity index (χ3n) is 2.87. The number of imidazole rings is 1. The summed E-state index contributed by atoms with van der Waals surface area (Å²) in [6.07, 6.45) is 5.62. The molecule has 0 unspecified atom stereocenters. The minimum absolute atomic E-state index is 0.0102. The van der Waals surface area contributed by atoms with E-state index in [0.29, 0.717) is 25.3 Å². The van der Waals surface area contributed by atoms with Crippen LogP contribution in [0.25, 0.3) is 0 Å². The fourth-order valence-corrected chi connectivity index (χ4v) is 1.87. The maximum absolute atomic E-state index is 11.7. The van der Waals surface area contributed by atoms with Gasteiger partial charge >= 0.3 is 0 Å². The van der Waals surface area contributed by atoms with Gasteiger partial charge in [0, 0.05) is 13.1 Å². The lowest BCUT2D eigenvalue weighted by Crippen LogP contribution is -2.32. The molecule has 0 aliphatic rings. The van der Waals surface area contributed by atoms with Crippen LogP contribution in [-0.2, 0) is 18.4 Å². The Labute approximate surface area is 118 Å². The van der Waals surface area contributed by atoms with E-state index in [1.54, 1.807) is 0 Å². The van der Waals surface area contributed by atoms with Gasteiger partial charge in [-0.2, -0.15) is 0 Å². The van der Waals surface area contributed by atoms with Gasteiger partial charge in [0.2, 0.25) is 6.33 Å². The van der Waals surface area contributed by atoms with Crippen molar-refractivity contribution < 1.29 is 9.36 Å². The van der Waals surface area contributed by atoms with Crippen molar-refractivity contribution in [2.75, 3.05) is 24.1 Å². The molecule has 0 saturated carbocycles. The molecule has 2 aromatic rings. The number of aryl methyl sites for hydroxylation is 1. The Hall–Kier alpha value is -2.50. The van der Waals surface area contributed by atoms with Gasteiger partial charge < -0.3 is 16.4 Å². The summed E-state index contributed by atoms with van der Waals surface area (Å²) in [7, 11) is 1.92. The van der Waals surface area contributed by atoms with Gasteiger partial charge in [-0.3, -0.25) is 4.79 Å². The van der Waals surface area contributed by atoms with E-state index in [-0.39, 0.29) is 5.91 Å². The van der Waals surface area contributed by atoms with E-state index in [9.17, 15) is 4.79 Å². The molecule has 6 nitrogen and oxygen atoms in total. The first-order chi connectivity index (χ1) is 9.65. The molecule has 0 saturated heterocycles. The van der Waals surface area contributed by atoms with Crippen molar-refractivity contribution in [1.82, 2.24) is 9.88 Å². The highest BCUT2D eigenvalue weighted by atomic mass is 16.1. The van der Waals surface area contributed by atoms with E-state index in [2.05, 4.69) is 10.6 Å². The van der Waals surface area contributed by atoms with Crippen LogP contribution in [0.2, 0.25) is 0 Å². The van der Waals surface area contributed by atoms with Gasteiger partial charge in [-0.15, -0.1) is 0 Å². The number of aromatic nitrogens is 2. The molecule has 1 aromatic heterocycles. The number of para-hydroxylation sites is 2. The van der Waals surface area contributed by atoms with Crippen molar-refractivity contribution in [3.05, 3.63) is 43.0 Å². The molecule has 2 rings (SSSR count). The van der Waals surface area contributed by atoms with E-state index >= 15 is 0 Å². The smallest absolute Gasteiger partial charge is 0.262 e. The first kappa shape index (κ1) is 13.9. The van der Waals surface area contributed by atoms with Crippen LogP contribution in [0.1, 0.15) is 0 Å². The molecule has 0 radical (unpaired) electrons. The predicted octanol–water partition coefficient (Wildman–Crippen LogP) is 0.123. The number of hydrogen-bond acceptors (Lipinski definition) is 3. The molecule has 6 heteroatoms. The summed E-state index contributed by atoms with van der Waals surface area (Å²) >= 11 is 0. The van der Waals surface area contributed by atoms with Crippen molar-refractivity contribution in [3.63, 3.8) is 0 Å². The number of hydrogen-bond donors (Lipinski definition) is 3. The second kappa shape index (κ2) is 6.60. The molecule has 0 fully saturated rings. The van der Waals surface area contributed by atoms with Crippen LogP contribution in [0.15, 0.2) is 43.0 Å². The molecule has 0 aliphatic carbocycles. The number of rotatable bonds is 6. The molecular weight excluding hydrogens is 254 g/mol. The van der Waals surface area contributed by atoms with Crippen LogP contribution in [-0.4, -0.2) is 23.6 Å². The third kappa shape index (κ3) is 4.01. The standard InChI is InChI=1S/C14H19N5O/c1-18-8-9-19(11-18)10-14(20)17-7-6-16-13-5-3-2-4-12(13)15/h2-5,8-9,11,16H,6-7,10,15H2,1H3/p+1. The normalized spacial score (nSPS) is 10.2. The molecule has 1 heterocycles. The maximum Gasteiger partial charge on any atom is 0.262 e. The Morgan fingerprint density at radius 3 is 2.85 bits per heavy atom. The average Bonchev–Trinajstić information content (AvgIpc) is 2.82. The SMILES string of the molecule is C[n+]1ccn(CC(=O)NCCNc2ccccc2N)c1. The van der Waals surface area contributed by atoms with Crippen molar-refractivity contribution in [2.24, 2.45) is 7.05 Å². The minimum Gasteiger partial charge on any atom is -0.397 e. The Morgan fingerprint density at radius 1 is 1.35 bits per heavy atom. The predicted molar refractivity (Wildman–Crippen MR) is 78.0 cm³/mol. The first-order valence-corrected chi connectivity index (χ1v) is 6.51. The summed E-state index contributed by atoms with van der Waals surface area (Å²) < 4.78 is 3.73. The highest BCUT2D eigenvalue weighted by Crippen LogP contribution is 2.15. The topological polar surface area (TPSA) is 76.0 Å². The minimum atomic E-state index is -0.0102. The summed E-state index contributed by atoms with van der Waals surface area (Å²) in [6.45, 7) is 1.52. The zero-order valence-electron chi connectivity index (χ0n) is 11.5. The maximum atomic E-state index is 11.7. The summed E-state index contributed by atoms with van der Waals surface area (Å²) in [6, 6.07) is 7.56. The summed E-state index contributed by atoms with van der Waals surface area (Å²) in [4.78, 5) is 11.7. The number of benzene rings is 1. The van der Waals surface area contributed by atoms with Crippen molar-refractivity contribution in [3.8, 4) is 0 Å². The molecule has 0 spiro atoms. The van der Waals surface area contributed by atoms with Gasteiger partial charge in [0.1, 0.15) is 12.4 Å². The Kier molecular flexibility index (Phi) is 4.60. The molecule has 0 aliphatic heterocycles. The van der Waals surface area contributed by atoms with Crippen LogP contribution >= 0.6 is 0 Å². The molecule has 4 N–H and O–H groups in total. The zero-order chi connectivity index (χ0) is 14.4. The molecule has 106 valence electrons. The summed E-state index contributed by atoms with van der Waals surface area (Å²) in [5, 5.41) is 6.04. The van der Waals surface area contributed by atoms with E-state index in [0.717, 1.165) is 5.69 Å². The fourth-order valence-electron chi connectivity index (χ4n) is 1.87. The largest absolute Gasteiger partial charge is 0.397 e. The van der Waals surface area contributed by atoms with Gasteiger partial charge in [-0.05, 0) is 12.1 Å². The molecule has 1 aromatic carbocycles. The van der Waals surface area contributed by atoms with Crippen molar-refractivity contribution in [1.29, 1.82) is 0 Å². The second-order valence-corrected chi connectivity index (χ2v) is 4.62. The Morgan fingerprint density at radius 2 is 2.15 bits per heavy atom.